The summed E-state index contributed by atoms with van der Waals surface area (Å²) in [6, 6.07) is 5.36. The van der Waals surface area contributed by atoms with Gasteiger partial charge in [-0.05, 0) is 99.9 Å². The zero-order valence-electron chi connectivity index (χ0n) is 29.4. The quantitative estimate of drug-likeness (QED) is 0.220. The first kappa shape index (κ1) is 39.2. The van der Waals surface area contributed by atoms with Crippen LogP contribution >= 0.6 is 0 Å². The molecule has 2 aliphatic rings. The monoisotopic (exact) mass is 714 g/mol. The standard InChI is InChI=1S/C36H44F6N2O6/c1-20-30(22-13-24(35(37,38)39)16-25(14-22)36(40,41)42)49-32(47)44(20)18-23-17-34(5,6)12-11-26(23)27-15-21(9-10-28(27)48-8)31(46)43(7)19-29(45)50-33(2,3)4/h9-10,13-16,20,30,32,47H,11-12,17-19H2,1-8H3/t20-,30-,32?/m0/s1. The zero-order valence-corrected chi connectivity index (χ0v) is 29.4. The van der Waals surface area contributed by atoms with Crippen LogP contribution in [0.4, 0.5) is 26.3 Å². The number of carbonyl (C=O) groups is 2. The lowest BCUT2D eigenvalue weighted by molar-refractivity contribution is -0.155. The fourth-order valence-electron chi connectivity index (χ4n) is 6.47. The van der Waals surface area contributed by atoms with Gasteiger partial charge in [-0.3, -0.25) is 9.59 Å². The molecule has 1 aliphatic carbocycles. The van der Waals surface area contributed by atoms with Crippen molar-refractivity contribution in [3.63, 3.8) is 0 Å². The number of allylic oxidation sites excluding steroid dienone is 1. The number of halogens is 6. The third kappa shape index (κ3) is 9.18. The Bertz CT molecular complexity index is 1600. The summed E-state index contributed by atoms with van der Waals surface area (Å²) in [7, 11) is 2.97. The number of nitrogens with zero attached hydrogens (tertiary/aromatic N) is 2. The van der Waals surface area contributed by atoms with Crippen molar-refractivity contribution in [3.05, 3.63) is 69.8 Å². The van der Waals surface area contributed by atoms with E-state index in [1.807, 2.05) is 0 Å². The van der Waals surface area contributed by atoms with E-state index in [0.717, 1.165) is 17.6 Å². The Morgan fingerprint density at radius 2 is 1.62 bits per heavy atom. The maximum atomic E-state index is 13.6. The van der Waals surface area contributed by atoms with Crippen LogP contribution < -0.4 is 4.74 Å². The molecule has 1 aliphatic heterocycles. The van der Waals surface area contributed by atoms with Crippen LogP contribution in [0.15, 0.2) is 42.0 Å². The van der Waals surface area contributed by atoms with E-state index in [4.69, 9.17) is 14.2 Å². The second-order valence-electron chi connectivity index (χ2n) is 14.7. The van der Waals surface area contributed by atoms with Crippen molar-refractivity contribution in [2.24, 2.45) is 5.41 Å². The Morgan fingerprint density at radius 3 is 2.16 bits per heavy atom. The third-order valence-electron chi connectivity index (χ3n) is 8.90. The van der Waals surface area contributed by atoms with Gasteiger partial charge in [0, 0.05) is 30.8 Å². The number of ether oxygens (including phenoxy) is 3. The van der Waals surface area contributed by atoms with Crippen LogP contribution in [0.1, 0.15) is 99.5 Å². The van der Waals surface area contributed by atoms with E-state index in [1.165, 1.54) is 24.0 Å². The van der Waals surface area contributed by atoms with E-state index in [1.54, 1.807) is 45.9 Å². The number of rotatable bonds is 8. The van der Waals surface area contributed by atoms with Crippen molar-refractivity contribution in [3.8, 4) is 5.75 Å². The average molecular weight is 715 g/mol. The lowest BCUT2D eigenvalue weighted by atomic mass is 9.72. The minimum Gasteiger partial charge on any atom is -0.496 e. The molecule has 1 saturated heterocycles. The molecule has 2 aromatic carbocycles. The van der Waals surface area contributed by atoms with Gasteiger partial charge in [-0.2, -0.15) is 26.3 Å². The molecule has 1 amide bonds. The number of benzene rings is 2. The highest BCUT2D eigenvalue weighted by Crippen LogP contribution is 2.47. The molecule has 0 spiro atoms. The van der Waals surface area contributed by atoms with Crippen LogP contribution in [0.25, 0.3) is 5.57 Å². The second kappa shape index (κ2) is 14.2. The molecular weight excluding hydrogens is 670 g/mol. The van der Waals surface area contributed by atoms with Gasteiger partial charge in [0.25, 0.3) is 5.91 Å². The molecule has 0 saturated carbocycles. The summed E-state index contributed by atoms with van der Waals surface area (Å²) in [4.78, 5) is 28.6. The van der Waals surface area contributed by atoms with Crippen LogP contribution in [0, 0.1) is 5.41 Å². The van der Waals surface area contributed by atoms with Crippen LogP contribution in [-0.2, 0) is 26.6 Å². The van der Waals surface area contributed by atoms with Gasteiger partial charge in [0.1, 0.15) is 24.0 Å². The number of amides is 1. The van der Waals surface area contributed by atoms with E-state index < -0.39 is 59.5 Å². The molecule has 1 heterocycles. The molecule has 4 rings (SSSR count). The predicted molar refractivity (Wildman–Crippen MR) is 173 cm³/mol. The van der Waals surface area contributed by atoms with Crippen molar-refractivity contribution in [1.82, 2.24) is 9.80 Å². The number of likely N-dealkylation sites (N-methyl/N-ethyl adjacent to an activating group) is 1. The van der Waals surface area contributed by atoms with Crippen molar-refractivity contribution < 1.29 is 55.2 Å². The Balaban J connectivity index is 1.70. The van der Waals surface area contributed by atoms with Gasteiger partial charge in [0.2, 0.25) is 6.41 Å². The molecule has 0 bridgehead atoms. The Hall–Kier alpha value is -3.62. The summed E-state index contributed by atoms with van der Waals surface area (Å²) in [5.41, 5.74) is -1.66. The van der Waals surface area contributed by atoms with Gasteiger partial charge in [0.15, 0.2) is 0 Å². The molecule has 14 heteroatoms. The highest BCUT2D eigenvalue weighted by Gasteiger charge is 2.44. The van der Waals surface area contributed by atoms with E-state index in [2.05, 4.69) is 13.8 Å². The Morgan fingerprint density at radius 1 is 1.02 bits per heavy atom. The SMILES string of the molecule is COc1ccc(C(=O)N(C)CC(=O)OC(C)(C)C)cc1C1=C(CN2C(O)O[C@H](c3cc(C(F)(F)F)cc(C(F)(F)F)c3)[C@@H]2C)CC(C)(C)CC1. The minimum atomic E-state index is -5.04. The molecule has 0 radical (unpaired) electrons. The van der Waals surface area contributed by atoms with Gasteiger partial charge in [-0.1, -0.05) is 19.4 Å². The molecule has 50 heavy (non-hydrogen) atoms. The van der Waals surface area contributed by atoms with Crippen molar-refractivity contribution in [2.75, 3.05) is 27.2 Å². The van der Waals surface area contributed by atoms with Crippen molar-refractivity contribution in [2.45, 2.75) is 97.3 Å². The smallest absolute Gasteiger partial charge is 0.416 e. The fourth-order valence-corrected chi connectivity index (χ4v) is 6.47. The van der Waals surface area contributed by atoms with E-state index in [-0.39, 0.29) is 35.7 Å². The number of alkyl halides is 6. The topological polar surface area (TPSA) is 88.5 Å². The highest BCUT2D eigenvalue weighted by atomic mass is 19.4. The molecule has 1 unspecified atom stereocenters. The fraction of sp³-hybridized carbons (Fsp3) is 0.556. The largest absolute Gasteiger partial charge is 0.496 e. The summed E-state index contributed by atoms with van der Waals surface area (Å²) in [5, 5.41) is 11.0. The Kier molecular flexibility index (Phi) is 11.1. The number of carbonyl (C=O) groups excluding carboxylic acids is 2. The maximum Gasteiger partial charge on any atom is 0.416 e. The molecule has 1 N–H and O–H groups in total. The van der Waals surface area contributed by atoms with Crippen LogP contribution in [0.2, 0.25) is 0 Å². The summed E-state index contributed by atoms with van der Waals surface area (Å²) >= 11 is 0. The number of aliphatic hydroxyl groups is 1. The van der Waals surface area contributed by atoms with E-state index in [9.17, 15) is 41.0 Å². The third-order valence-corrected chi connectivity index (χ3v) is 8.90. The average Bonchev–Trinajstić information content (AvgIpc) is 3.26. The minimum absolute atomic E-state index is 0.0556. The summed E-state index contributed by atoms with van der Waals surface area (Å²) < 4.78 is 98.4. The van der Waals surface area contributed by atoms with Gasteiger partial charge in [-0.25, -0.2) is 4.90 Å². The normalized spacial score (nSPS) is 21.7. The number of aliphatic hydroxyl groups excluding tert-OH is 1. The molecule has 3 atom stereocenters. The van der Waals surface area contributed by atoms with Crippen LogP contribution in [0.3, 0.4) is 0 Å². The first-order valence-electron chi connectivity index (χ1n) is 16.2. The predicted octanol–water partition coefficient (Wildman–Crippen LogP) is 7.85. The lowest BCUT2D eigenvalue weighted by Crippen LogP contribution is -2.38. The molecule has 8 nitrogen and oxygen atoms in total. The van der Waals surface area contributed by atoms with Crippen LogP contribution in [0.5, 0.6) is 5.75 Å². The highest BCUT2D eigenvalue weighted by molar-refractivity contribution is 5.97. The van der Waals surface area contributed by atoms with Crippen LogP contribution in [-0.4, -0.2) is 72.1 Å². The number of hydrogen-bond donors (Lipinski definition) is 1. The number of methoxy groups -OCH3 is 1. The molecule has 1 fully saturated rings. The molecule has 0 aromatic heterocycles. The second-order valence-corrected chi connectivity index (χ2v) is 14.7. The summed E-state index contributed by atoms with van der Waals surface area (Å²) in [5.74, 6) is -0.534. The van der Waals surface area contributed by atoms with E-state index in [0.29, 0.717) is 36.3 Å². The molecule has 276 valence electrons. The lowest BCUT2D eigenvalue weighted by Gasteiger charge is -2.36. The van der Waals surface area contributed by atoms with Gasteiger partial charge >= 0.3 is 18.3 Å². The zero-order chi connectivity index (χ0) is 37.6. The molecule has 2 aromatic rings. The van der Waals surface area contributed by atoms with Gasteiger partial charge < -0.3 is 24.2 Å². The summed E-state index contributed by atoms with van der Waals surface area (Å²) in [6.07, 6.45) is -11.2. The van der Waals surface area contributed by atoms with Crippen molar-refractivity contribution in [1.29, 1.82) is 0 Å². The van der Waals surface area contributed by atoms with Gasteiger partial charge in [-0.15, -0.1) is 0 Å². The number of esters is 1. The first-order chi connectivity index (χ1) is 22.9. The Labute approximate surface area is 288 Å². The van der Waals surface area contributed by atoms with E-state index >= 15 is 0 Å². The maximum absolute atomic E-state index is 13.6. The summed E-state index contributed by atoms with van der Waals surface area (Å²) in [6.45, 7) is 10.7. The number of hydrogen-bond acceptors (Lipinski definition) is 7. The van der Waals surface area contributed by atoms with Crippen molar-refractivity contribution >= 4 is 17.4 Å². The molecular formula is C36H44F6N2O6. The first-order valence-corrected chi connectivity index (χ1v) is 16.2. The van der Waals surface area contributed by atoms with Gasteiger partial charge in [0.05, 0.1) is 18.2 Å².